The maximum absolute atomic E-state index is 12.6. The Hall–Kier alpha value is -1.82. The van der Waals surface area contributed by atoms with Crippen LogP contribution < -0.4 is 5.32 Å². The fraction of sp³-hybridized carbons (Fsp3) is 0.500. The van der Waals surface area contributed by atoms with Gasteiger partial charge in [0.25, 0.3) is 5.91 Å². The summed E-state index contributed by atoms with van der Waals surface area (Å²) in [6.07, 6.45) is 6.74. The van der Waals surface area contributed by atoms with Crippen molar-refractivity contribution in [2.24, 2.45) is 0 Å². The Morgan fingerprint density at radius 1 is 1.52 bits per heavy atom. The zero-order chi connectivity index (χ0) is 14.6. The minimum absolute atomic E-state index is 0.0690. The lowest BCUT2D eigenvalue weighted by atomic mass is 10.1. The van der Waals surface area contributed by atoms with E-state index in [1.54, 1.807) is 6.20 Å². The predicted molar refractivity (Wildman–Crippen MR) is 77.3 cm³/mol. The van der Waals surface area contributed by atoms with Crippen molar-refractivity contribution in [3.05, 3.63) is 34.6 Å². The summed E-state index contributed by atoms with van der Waals surface area (Å²) in [5.41, 5.74) is 1.36. The number of hydrogen-bond acceptors (Lipinski definition) is 3. The SMILES string of the molecule is CC1CC(NC(=O)c2c(Cl)n[nH]c2C2CC2)c2nccn21. The summed E-state index contributed by atoms with van der Waals surface area (Å²) in [4.78, 5) is 16.9. The average molecular weight is 306 g/mol. The Kier molecular flexibility index (Phi) is 2.82. The van der Waals surface area contributed by atoms with Gasteiger partial charge in [0.1, 0.15) is 5.82 Å². The van der Waals surface area contributed by atoms with E-state index in [2.05, 4.69) is 32.0 Å². The first-order valence-electron chi connectivity index (χ1n) is 7.22. The molecule has 0 saturated heterocycles. The zero-order valence-electron chi connectivity index (χ0n) is 11.6. The van der Waals surface area contributed by atoms with Crippen molar-refractivity contribution in [3.63, 3.8) is 0 Å². The van der Waals surface area contributed by atoms with Crippen molar-refractivity contribution in [3.8, 4) is 0 Å². The van der Waals surface area contributed by atoms with Gasteiger partial charge in [0.05, 0.1) is 17.3 Å². The molecule has 6 nitrogen and oxygen atoms in total. The topological polar surface area (TPSA) is 75.6 Å². The Bertz CT molecular complexity index is 702. The van der Waals surface area contributed by atoms with Crippen LogP contribution in [0.4, 0.5) is 0 Å². The molecule has 1 amide bonds. The van der Waals surface area contributed by atoms with E-state index >= 15 is 0 Å². The van der Waals surface area contributed by atoms with Gasteiger partial charge in [-0.1, -0.05) is 11.6 Å². The number of aromatic amines is 1. The molecule has 21 heavy (non-hydrogen) atoms. The second-order valence-electron chi connectivity index (χ2n) is 5.88. The number of aromatic nitrogens is 4. The summed E-state index contributed by atoms with van der Waals surface area (Å²) in [7, 11) is 0. The molecular formula is C14H16ClN5O. The molecule has 110 valence electrons. The number of imidazole rings is 1. The van der Waals surface area contributed by atoms with E-state index in [4.69, 9.17) is 11.6 Å². The number of nitrogens with zero attached hydrogens (tertiary/aromatic N) is 3. The third-order valence-electron chi connectivity index (χ3n) is 4.33. The molecule has 0 aromatic carbocycles. The number of H-pyrrole nitrogens is 1. The molecule has 1 aliphatic carbocycles. The molecule has 0 spiro atoms. The Morgan fingerprint density at radius 2 is 2.33 bits per heavy atom. The molecular weight excluding hydrogens is 290 g/mol. The van der Waals surface area contributed by atoms with Crippen molar-refractivity contribution >= 4 is 17.5 Å². The van der Waals surface area contributed by atoms with Crippen molar-refractivity contribution < 1.29 is 4.79 Å². The molecule has 7 heteroatoms. The van der Waals surface area contributed by atoms with Gasteiger partial charge in [-0.05, 0) is 26.2 Å². The van der Waals surface area contributed by atoms with Gasteiger partial charge in [-0.25, -0.2) is 4.98 Å². The lowest BCUT2D eigenvalue weighted by molar-refractivity contribution is 0.0934. The summed E-state index contributed by atoms with van der Waals surface area (Å²) >= 11 is 6.08. The first kappa shape index (κ1) is 12.9. The van der Waals surface area contributed by atoms with E-state index < -0.39 is 0 Å². The van der Waals surface area contributed by atoms with Gasteiger partial charge in [-0.2, -0.15) is 5.10 Å². The third kappa shape index (κ3) is 2.05. The number of fused-ring (bicyclic) bond motifs is 1. The third-order valence-corrected chi connectivity index (χ3v) is 4.60. The zero-order valence-corrected chi connectivity index (χ0v) is 12.4. The van der Waals surface area contributed by atoms with E-state index in [0.717, 1.165) is 30.8 Å². The van der Waals surface area contributed by atoms with Gasteiger partial charge in [0.2, 0.25) is 0 Å². The molecule has 2 aromatic rings. The molecule has 2 N–H and O–H groups in total. The van der Waals surface area contributed by atoms with Crippen LogP contribution in [0.15, 0.2) is 12.4 Å². The maximum Gasteiger partial charge on any atom is 0.256 e. The normalized spacial score (nSPS) is 24.1. The Balaban J connectivity index is 1.59. The largest absolute Gasteiger partial charge is 0.342 e. The average Bonchev–Trinajstić information content (AvgIpc) is 2.93. The summed E-state index contributed by atoms with van der Waals surface area (Å²) in [6, 6.07) is 0.274. The summed E-state index contributed by atoms with van der Waals surface area (Å²) in [6.45, 7) is 2.12. The van der Waals surface area contributed by atoms with Crippen LogP contribution in [-0.2, 0) is 0 Å². The lowest BCUT2D eigenvalue weighted by Gasteiger charge is -2.12. The van der Waals surface area contributed by atoms with Gasteiger partial charge in [0, 0.05) is 24.4 Å². The molecule has 1 fully saturated rings. The van der Waals surface area contributed by atoms with E-state index in [0.29, 0.717) is 17.5 Å². The Labute approximate surface area is 126 Å². The highest BCUT2D eigenvalue weighted by molar-refractivity contribution is 6.32. The molecule has 1 saturated carbocycles. The molecule has 0 radical (unpaired) electrons. The lowest BCUT2D eigenvalue weighted by Crippen LogP contribution is -2.28. The fourth-order valence-electron chi connectivity index (χ4n) is 3.10. The summed E-state index contributed by atoms with van der Waals surface area (Å²) in [5.74, 6) is 1.14. The van der Waals surface area contributed by atoms with Gasteiger partial charge >= 0.3 is 0 Å². The minimum atomic E-state index is -0.163. The molecule has 2 aliphatic rings. The monoisotopic (exact) mass is 305 g/mol. The second kappa shape index (κ2) is 4.59. The fourth-order valence-corrected chi connectivity index (χ4v) is 3.33. The number of nitrogens with one attached hydrogen (secondary N) is 2. The molecule has 3 heterocycles. The molecule has 2 unspecified atom stereocenters. The van der Waals surface area contributed by atoms with Gasteiger partial charge < -0.3 is 9.88 Å². The van der Waals surface area contributed by atoms with Crippen LogP contribution in [0.5, 0.6) is 0 Å². The van der Waals surface area contributed by atoms with Gasteiger partial charge in [0.15, 0.2) is 5.15 Å². The van der Waals surface area contributed by atoms with Crippen LogP contribution in [0.25, 0.3) is 0 Å². The highest BCUT2D eigenvalue weighted by Crippen LogP contribution is 2.42. The van der Waals surface area contributed by atoms with Gasteiger partial charge in [-0.15, -0.1) is 0 Å². The van der Waals surface area contributed by atoms with Crippen LogP contribution in [0, 0.1) is 0 Å². The number of carbonyl (C=O) groups excluding carboxylic acids is 1. The molecule has 2 aromatic heterocycles. The van der Waals surface area contributed by atoms with Crippen molar-refractivity contribution in [1.29, 1.82) is 0 Å². The summed E-state index contributed by atoms with van der Waals surface area (Å²) in [5, 5.41) is 10.2. The number of rotatable bonds is 3. The van der Waals surface area contributed by atoms with E-state index in [1.807, 2.05) is 6.20 Å². The van der Waals surface area contributed by atoms with Crippen LogP contribution in [0.3, 0.4) is 0 Å². The molecule has 2 atom stereocenters. The van der Waals surface area contributed by atoms with Crippen LogP contribution in [0.2, 0.25) is 5.15 Å². The smallest absolute Gasteiger partial charge is 0.256 e. The number of hydrogen-bond donors (Lipinski definition) is 2. The number of amides is 1. The van der Waals surface area contributed by atoms with Crippen LogP contribution >= 0.6 is 11.6 Å². The minimum Gasteiger partial charge on any atom is -0.342 e. The van der Waals surface area contributed by atoms with E-state index in [1.165, 1.54) is 0 Å². The molecule has 4 rings (SSSR count). The standard InChI is InChI=1S/C14H16ClN5O/c1-7-6-9(13-16-4-5-20(7)13)17-14(21)10-11(8-2-3-8)18-19-12(10)15/h4-5,7-9H,2-3,6H2,1H3,(H,17,21)(H,18,19). The first-order valence-corrected chi connectivity index (χ1v) is 7.60. The second-order valence-corrected chi connectivity index (χ2v) is 6.24. The quantitative estimate of drug-likeness (QED) is 0.915. The highest BCUT2D eigenvalue weighted by Gasteiger charge is 2.35. The predicted octanol–water partition coefficient (Wildman–Crippen LogP) is 2.57. The maximum atomic E-state index is 12.6. The van der Waals surface area contributed by atoms with Gasteiger partial charge in [-0.3, -0.25) is 9.89 Å². The highest BCUT2D eigenvalue weighted by atomic mass is 35.5. The first-order chi connectivity index (χ1) is 10.1. The molecule has 1 aliphatic heterocycles. The Morgan fingerprint density at radius 3 is 3.10 bits per heavy atom. The van der Waals surface area contributed by atoms with E-state index in [9.17, 15) is 4.79 Å². The van der Waals surface area contributed by atoms with Crippen molar-refractivity contribution in [1.82, 2.24) is 25.1 Å². The van der Waals surface area contributed by atoms with Crippen molar-refractivity contribution in [2.45, 2.75) is 44.2 Å². The van der Waals surface area contributed by atoms with E-state index in [-0.39, 0.29) is 17.1 Å². The van der Waals surface area contributed by atoms with Crippen molar-refractivity contribution in [2.75, 3.05) is 0 Å². The number of carbonyl (C=O) groups is 1. The molecule has 0 bridgehead atoms. The van der Waals surface area contributed by atoms with Crippen LogP contribution in [0.1, 0.15) is 66.1 Å². The number of halogens is 1. The van der Waals surface area contributed by atoms with Crippen LogP contribution in [-0.4, -0.2) is 25.7 Å². The summed E-state index contributed by atoms with van der Waals surface area (Å²) < 4.78 is 2.10.